The monoisotopic (exact) mass is 574 g/mol. The molecule has 3 heteroatoms. The summed E-state index contributed by atoms with van der Waals surface area (Å²) in [5, 5.41) is 7.35. The maximum absolute atomic E-state index is 6.19. The van der Waals surface area contributed by atoms with Crippen molar-refractivity contribution in [2.45, 2.75) is 0 Å². The molecule has 0 aliphatic carbocycles. The number of hydrogen-bond acceptors (Lipinski definition) is 1. The van der Waals surface area contributed by atoms with Gasteiger partial charge in [0.15, 0.2) is 0 Å². The number of rotatable bonds is 3. The Labute approximate surface area is 258 Å². The number of fused-ring (bicyclic) bond motifs is 10. The fourth-order valence-corrected chi connectivity index (χ4v) is 7.44. The lowest BCUT2D eigenvalue weighted by Gasteiger charge is -2.11. The van der Waals surface area contributed by atoms with Crippen molar-refractivity contribution < 1.29 is 4.42 Å². The van der Waals surface area contributed by atoms with Crippen LogP contribution < -0.4 is 0 Å². The SMILES string of the molecule is c1ccc(-n2c3ccccc3c3ccc4c(c5ccccc5n4-c4ccc(-c5cccc6oc7ccccc7c56)cc4)c32)cc1. The molecule has 10 aromatic rings. The second kappa shape index (κ2) is 9.22. The third-order valence-electron chi connectivity index (χ3n) is 9.32. The highest BCUT2D eigenvalue weighted by Crippen LogP contribution is 2.42. The molecule has 0 amide bonds. The van der Waals surface area contributed by atoms with E-state index in [2.05, 4.69) is 155 Å². The van der Waals surface area contributed by atoms with Crippen LogP contribution in [0.3, 0.4) is 0 Å². The summed E-state index contributed by atoms with van der Waals surface area (Å²) in [6, 6.07) is 56.5. The van der Waals surface area contributed by atoms with Crippen LogP contribution in [-0.2, 0) is 0 Å². The fourth-order valence-electron chi connectivity index (χ4n) is 7.44. The molecule has 210 valence electrons. The summed E-state index contributed by atoms with van der Waals surface area (Å²) in [6.45, 7) is 0. The van der Waals surface area contributed by atoms with E-state index in [0.29, 0.717) is 0 Å². The van der Waals surface area contributed by atoms with Gasteiger partial charge in [0.05, 0.1) is 22.1 Å². The molecule has 0 spiro atoms. The lowest BCUT2D eigenvalue weighted by molar-refractivity contribution is 0.669. The molecule has 0 N–H and O–H groups in total. The van der Waals surface area contributed by atoms with Crippen LogP contribution in [0.2, 0.25) is 0 Å². The predicted molar refractivity (Wildman–Crippen MR) is 188 cm³/mol. The maximum Gasteiger partial charge on any atom is 0.136 e. The van der Waals surface area contributed by atoms with Crippen molar-refractivity contribution in [1.29, 1.82) is 0 Å². The van der Waals surface area contributed by atoms with E-state index in [4.69, 9.17) is 4.42 Å². The first kappa shape index (κ1) is 24.4. The van der Waals surface area contributed by atoms with Gasteiger partial charge in [-0.25, -0.2) is 0 Å². The van der Waals surface area contributed by atoms with Crippen LogP contribution >= 0.6 is 0 Å². The molecule has 0 radical (unpaired) electrons. The Morgan fingerprint density at radius 2 is 1.00 bits per heavy atom. The number of aromatic nitrogens is 2. The van der Waals surface area contributed by atoms with Crippen LogP contribution in [0.4, 0.5) is 0 Å². The summed E-state index contributed by atoms with van der Waals surface area (Å²) in [6.07, 6.45) is 0. The van der Waals surface area contributed by atoms with E-state index < -0.39 is 0 Å². The molecule has 0 aliphatic rings. The third kappa shape index (κ3) is 3.41. The summed E-state index contributed by atoms with van der Waals surface area (Å²) in [5.41, 5.74) is 11.3. The van der Waals surface area contributed by atoms with E-state index in [1.54, 1.807) is 0 Å². The van der Waals surface area contributed by atoms with Gasteiger partial charge in [0.2, 0.25) is 0 Å². The molecule has 0 fully saturated rings. The summed E-state index contributed by atoms with van der Waals surface area (Å²) in [5.74, 6) is 0. The van der Waals surface area contributed by atoms with Gasteiger partial charge in [-0.15, -0.1) is 0 Å². The lowest BCUT2D eigenvalue weighted by atomic mass is 9.99. The van der Waals surface area contributed by atoms with Crippen molar-refractivity contribution in [3.63, 3.8) is 0 Å². The van der Waals surface area contributed by atoms with Crippen molar-refractivity contribution in [3.8, 4) is 22.5 Å². The number of benzene rings is 7. The number of para-hydroxylation sites is 4. The highest BCUT2D eigenvalue weighted by atomic mass is 16.3. The van der Waals surface area contributed by atoms with Crippen LogP contribution in [0.25, 0.3) is 88.1 Å². The van der Waals surface area contributed by atoms with Gasteiger partial charge < -0.3 is 13.6 Å². The van der Waals surface area contributed by atoms with E-state index in [9.17, 15) is 0 Å². The normalized spacial score (nSPS) is 12.0. The van der Waals surface area contributed by atoms with Gasteiger partial charge in [-0.1, -0.05) is 103 Å². The van der Waals surface area contributed by atoms with Crippen molar-refractivity contribution in [2.24, 2.45) is 0 Å². The van der Waals surface area contributed by atoms with Crippen molar-refractivity contribution in [3.05, 3.63) is 158 Å². The summed E-state index contributed by atoms with van der Waals surface area (Å²) >= 11 is 0. The second-order valence-corrected chi connectivity index (χ2v) is 11.7. The van der Waals surface area contributed by atoms with Crippen molar-refractivity contribution in [1.82, 2.24) is 9.13 Å². The molecule has 7 aromatic carbocycles. The lowest BCUT2D eigenvalue weighted by Crippen LogP contribution is -1.95. The van der Waals surface area contributed by atoms with E-state index in [1.807, 2.05) is 12.1 Å². The second-order valence-electron chi connectivity index (χ2n) is 11.7. The highest BCUT2D eigenvalue weighted by Gasteiger charge is 2.20. The summed E-state index contributed by atoms with van der Waals surface area (Å²) in [7, 11) is 0. The zero-order chi connectivity index (χ0) is 29.5. The molecule has 0 saturated heterocycles. The number of hydrogen-bond donors (Lipinski definition) is 0. The van der Waals surface area contributed by atoms with Crippen molar-refractivity contribution >= 4 is 65.6 Å². The first-order valence-corrected chi connectivity index (χ1v) is 15.4. The first-order valence-electron chi connectivity index (χ1n) is 15.4. The highest BCUT2D eigenvalue weighted by molar-refractivity contribution is 6.26. The molecule has 0 bridgehead atoms. The van der Waals surface area contributed by atoms with Gasteiger partial charge in [0.25, 0.3) is 0 Å². The fraction of sp³-hybridized carbons (Fsp3) is 0. The van der Waals surface area contributed by atoms with E-state index in [-0.39, 0.29) is 0 Å². The van der Waals surface area contributed by atoms with Crippen LogP contribution in [0, 0.1) is 0 Å². The Morgan fingerprint density at radius 1 is 0.356 bits per heavy atom. The van der Waals surface area contributed by atoms with Crippen LogP contribution in [0.15, 0.2) is 162 Å². The van der Waals surface area contributed by atoms with Gasteiger partial charge in [-0.3, -0.25) is 0 Å². The first-order chi connectivity index (χ1) is 22.3. The van der Waals surface area contributed by atoms with Gasteiger partial charge in [-0.05, 0) is 65.7 Å². The van der Waals surface area contributed by atoms with Crippen LogP contribution in [0.1, 0.15) is 0 Å². The molecule has 3 heterocycles. The van der Waals surface area contributed by atoms with Crippen LogP contribution in [-0.4, -0.2) is 9.13 Å². The average molecular weight is 575 g/mol. The number of nitrogens with zero attached hydrogens (tertiary/aromatic N) is 2. The van der Waals surface area contributed by atoms with Gasteiger partial charge >= 0.3 is 0 Å². The molecule has 10 rings (SSSR count). The molecule has 3 nitrogen and oxygen atoms in total. The summed E-state index contributed by atoms with van der Waals surface area (Å²) < 4.78 is 11.0. The Bertz CT molecular complexity index is 2740. The topological polar surface area (TPSA) is 23.0 Å². The molecule has 0 saturated carbocycles. The largest absolute Gasteiger partial charge is 0.456 e. The number of furan rings is 1. The Kier molecular flexibility index (Phi) is 5.00. The Hall–Kier alpha value is -6.06. The third-order valence-corrected chi connectivity index (χ3v) is 9.32. The van der Waals surface area contributed by atoms with Gasteiger partial charge in [0, 0.05) is 43.7 Å². The molecular formula is C42H26N2O. The Balaban J connectivity index is 1.24. The summed E-state index contributed by atoms with van der Waals surface area (Å²) in [4.78, 5) is 0. The smallest absolute Gasteiger partial charge is 0.136 e. The molecule has 45 heavy (non-hydrogen) atoms. The van der Waals surface area contributed by atoms with Gasteiger partial charge in [-0.2, -0.15) is 0 Å². The minimum Gasteiger partial charge on any atom is -0.456 e. The zero-order valence-corrected chi connectivity index (χ0v) is 24.3. The predicted octanol–water partition coefficient (Wildman–Crippen LogP) is 11.4. The standard InChI is InChI=1S/C42H26N2O/c1-2-11-28(12-3-1)44-35-17-7-4-13-31(35)32-25-26-37-41(42(32)44)33-14-5-8-18-36(33)43(37)29-23-21-27(22-24-29)30-16-10-20-39-40(30)34-15-6-9-19-38(34)45-39/h1-26H. The van der Waals surface area contributed by atoms with Gasteiger partial charge in [0.1, 0.15) is 11.2 Å². The van der Waals surface area contributed by atoms with E-state index in [1.165, 1.54) is 60.4 Å². The zero-order valence-electron chi connectivity index (χ0n) is 24.3. The minimum absolute atomic E-state index is 0.915. The molecular weight excluding hydrogens is 548 g/mol. The molecule has 0 unspecified atom stereocenters. The molecule has 0 atom stereocenters. The minimum atomic E-state index is 0.915. The van der Waals surface area contributed by atoms with E-state index >= 15 is 0 Å². The quantitative estimate of drug-likeness (QED) is 0.206. The van der Waals surface area contributed by atoms with Crippen molar-refractivity contribution in [2.75, 3.05) is 0 Å². The maximum atomic E-state index is 6.19. The molecule has 0 aliphatic heterocycles. The van der Waals surface area contributed by atoms with E-state index in [0.717, 1.165) is 27.6 Å². The molecule has 3 aromatic heterocycles. The van der Waals surface area contributed by atoms with Crippen LogP contribution in [0.5, 0.6) is 0 Å². The Morgan fingerprint density at radius 3 is 1.82 bits per heavy atom. The average Bonchev–Trinajstić information content (AvgIpc) is 3.76.